The summed E-state index contributed by atoms with van der Waals surface area (Å²) in [7, 11) is 7.95. The molecule has 1 saturated carbocycles. The number of hydrogen-bond acceptors (Lipinski definition) is 7. The number of rotatable bonds is 10. The number of nitrogens with zero attached hydrogens (tertiary/aromatic N) is 2. The van der Waals surface area contributed by atoms with E-state index < -0.39 is 17.3 Å². The molecule has 1 fully saturated rings. The lowest BCUT2D eigenvalue weighted by Gasteiger charge is -2.40. The summed E-state index contributed by atoms with van der Waals surface area (Å²) in [6.07, 6.45) is -0.766. The van der Waals surface area contributed by atoms with E-state index in [2.05, 4.69) is 20.8 Å². The number of hydrogen-bond donors (Lipinski definition) is 2. The van der Waals surface area contributed by atoms with Crippen LogP contribution in [0.4, 0.5) is 0 Å². The van der Waals surface area contributed by atoms with E-state index in [4.69, 9.17) is 14.2 Å². The van der Waals surface area contributed by atoms with Crippen LogP contribution in [0, 0.1) is 0 Å². The Hall–Kier alpha value is -2.62. The Morgan fingerprint density at radius 3 is 2.21 bits per heavy atom. The van der Waals surface area contributed by atoms with Crippen LogP contribution in [0.1, 0.15) is 29.0 Å². The number of aliphatic hydroxyl groups excluding tert-OH is 1. The van der Waals surface area contributed by atoms with Gasteiger partial charge in [0.2, 0.25) is 0 Å². The molecule has 39 heavy (non-hydrogen) atoms. The van der Waals surface area contributed by atoms with Gasteiger partial charge in [0, 0.05) is 35.6 Å². The number of aliphatic hydroxyl groups is 2. The lowest BCUT2D eigenvalue weighted by Crippen LogP contribution is -2.52. The van der Waals surface area contributed by atoms with E-state index in [9.17, 15) is 10.2 Å². The van der Waals surface area contributed by atoms with Crippen LogP contribution in [0.15, 0.2) is 71.2 Å². The topological polar surface area (TPSA) is 74.6 Å². The van der Waals surface area contributed by atoms with E-state index in [1.54, 1.807) is 0 Å². The molecule has 2 N–H and O–H groups in total. The highest BCUT2D eigenvalue weighted by molar-refractivity contribution is 9.10. The zero-order valence-electron chi connectivity index (χ0n) is 22.9. The Balaban J connectivity index is 1.67. The minimum absolute atomic E-state index is 0.319. The van der Waals surface area contributed by atoms with Crippen LogP contribution >= 0.6 is 15.9 Å². The van der Waals surface area contributed by atoms with Crippen LogP contribution in [-0.2, 0) is 11.2 Å². The highest BCUT2D eigenvalue weighted by atomic mass is 79.9. The van der Waals surface area contributed by atoms with Crippen LogP contribution in [0.5, 0.6) is 17.2 Å². The van der Waals surface area contributed by atoms with E-state index in [0.717, 1.165) is 22.1 Å². The van der Waals surface area contributed by atoms with Gasteiger partial charge in [-0.25, -0.2) is 0 Å². The fraction of sp³-hybridized carbons (Fsp3) is 0.419. The summed E-state index contributed by atoms with van der Waals surface area (Å²) in [5, 5.41) is 24.4. The summed E-state index contributed by atoms with van der Waals surface area (Å²) in [5.74, 6) is 1.20. The van der Waals surface area contributed by atoms with Gasteiger partial charge in [-0.15, -0.1) is 0 Å². The summed E-state index contributed by atoms with van der Waals surface area (Å²) in [5.41, 5.74) is -0.801. The standard InChI is InChI=1S/C31H37BrN2O5/c1-33(2)14-16-37-24-18-26(38-17-15-34(3)4)29-27(19-24)39-31(22-10-12-23(32)13-11-22)25(20-28(35)30(29,31)36)21-8-6-5-7-9-21/h5-13,18-19,25,28,35-36H,14-17,20H2,1-4H3/t25-,28-,30+,31-/m0/s1. The predicted molar refractivity (Wildman–Crippen MR) is 155 cm³/mol. The van der Waals surface area contributed by atoms with E-state index in [1.807, 2.05) is 99.8 Å². The van der Waals surface area contributed by atoms with Crippen LogP contribution in [0.3, 0.4) is 0 Å². The molecule has 0 radical (unpaired) electrons. The van der Waals surface area contributed by atoms with Crippen molar-refractivity contribution < 1.29 is 24.4 Å². The molecule has 0 spiro atoms. The molecular weight excluding hydrogens is 560 g/mol. The third kappa shape index (κ3) is 4.93. The highest BCUT2D eigenvalue weighted by Crippen LogP contribution is 2.68. The second kappa shape index (κ2) is 11.1. The summed E-state index contributed by atoms with van der Waals surface area (Å²) < 4.78 is 20.2. The van der Waals surface area contributed by atoms with Crippen molar-refractivity contribution in [3.05, 3.63) is 87.9 Å². The van der Waals surface area contributed by atoms with E-state index >= 15 is 0 Å². The van der Waals surface area contributed by atoms with E-state index in [1.165, 1.54) is 0 Å². The van der Waals surface area contributed by atoms with Crippen LogP contribution in [0.25, 0.3) is 0 Å². The molecule has 5 rings (SSSR count). The van der Waals surface area contributed by atoms with Gasteiger partial charge in [-0.1, -0.05) is 58.4 Å². The number of halogens is 1. The Bertz CT molecular complexity index is 1290. The van der Waals surface area contributed by atoms with Crippen molar-refractivity contribution in [1.82, 2.24) is 9.80 Å². The molecule has 7 nitrogen and oxygen atoms in total. The predicted octanol–water partition coefficient (Wildman–Crippen LogP) is 4.35. The lowest BCUT2D eigenvalue weighted by molar-refractivity contribution is -0.150. The van der Waals surface area contributed by atoms with Crippen molar-refractivity contribution in [2.75, 3.05) is 54.5 Å². The first-order valence-corrected chi connectivity index (χ1v) is 14.1. The van der Waals surface area contributed by atoms with Gasteiger partial charge in [-0.2, -0.15) is 0 Å². The molecule has 3 aromatic carbocycles. The van der Waals surface area contributed by atoms with Crippen molar-refractivity contribution in [1.29, 1.82) is 0 Å². The minimum atomic E-state index is -1.76. The third-order valence-corrected chi connectivity index (χ3v) is 8.30. The Morgan fingerprint density at radius 2 is 1.56 bits per heavy atom. The molecule has 0 bridgehead atoms. The van der Waals surface area contributed by atoms with Crippen molar-refractivity contribution in [2.45, 2.75) is 29.6 Å². The lowest BCUT2D eigenvalue weighted by atomic mass is 9.71. The molecule has 2 aliphatic rings. The van der Waals surface area contributed by atoms with Gasteiger partial charge in [0.05, 0.1) is 11.7 Å². The zero-order valence-corrected chi connectivity index (χ0v) is 24.5. The molecule has 1 aliphatic carbocycles. The molecule has 8 heteroatoms. The molecule has 4 atom stereocenters. The summed E-state index contributed by atoms with van der Waals surface area (Å²) in [6, 6.07) is 21.4. The molecule has 208 valence electrons. The third-order valence-electron chi connectivity index (χ3n) is 7.77. The van der Waals surface area contributed by atoms with Crippen molar-refractivity contribution >= 4 is 15.9 Å². The molecule has 0 aromatic heterocycles. The molecule has 0 unspecified atom stereocenters. The smallest absolute Gasteiger partial charge is 0.176 e. The molecule has 3 aromatic rings. The molecule has 1 aliphatic heterocycles. The largest absolute Gasteiger partial charge is 0.492 e. The first-order chi connectivity index (χ1) is 18.7. The average Bonchev–Trinajstić information content (AvgIpc) is 3.29. The van der Waals surface area contributed by atoms with Crippen LogP contribution in [-0.4, -0.2) is 80.6 Å². The van der Waals surface area contributed by atoms with Gasteiger partial charge in [-0.05, 0) is 57.9 Å². The van der Waals surface area contributed by atoms with Crippen molar-refractivity contribution in [3.8, 4) is 17.2 Å². The van der Waals surface area contributed by atoms with Gasteiger partial charge >= 0.3 is 0 Å². The minimum Gasteiger partial charge on any atom is -0.492 e. The second-order valence-electron chi connectivity index (χ2n) is 10.9. The first-order valence-electron chi connectivity index (χ1n) is 13.3. The Morgan fingerprint density at radius 1 is 0.923 bits per heavy atom. The number of fused-ring (bicyclic) bond motifs is 3. The maximum Gasteiger partial charge on any atom is 0.176 e. The summed E-state index contributed by atoms with van der Waals surface area (Å²) in [6.45, 7) is 2.32. The summed E-state index contributed by atoms with van der Waals surface area (Å²) in [4.78, 5) is 4.08. The second-order valence-corrected chi connectivity index (χ2v) is 11.8. The van der Waals surface area contributed by atoms with Crippen LogP contribution in [0.2, 0.25) is 0 Å². The SMILES string of the molecule is CN(C)CCOc1cc(OCCN(C)C)c2c(c1)O[C@@]1(c3ccc(Br)cc3)[C@H](c3ccccc3)C[C@H](O)[C@@]21O. The fourth-order valence-corrected chi connectivity index (χ4v) is 6.15. The number of benzene rings is 3. The van der Waals surface area contributed by atoms with Gasteiger partial charge in [0.25, 0.3) is 0 Å². The Labute approximate surface area is 239 Å². The maximum absolute atomic E-state index is 12.8. The number of ether oxygens (including phenoxy) is 3. The highest BCUT2D eigenvalue weighted by Gasteiger charge is 2.73. The van der Waals surface area contributed by atoms with E-state index in [0.29, 0.717) is 49.0 Å². The first kappa shape index (κ1) is 27.9. The normalized spacial score (nSPS) is 25.5. The zero-order chi connectivity index (χ0) is 27.8. The van der Waals surface area contributed by atoms with Gasteiger partial charge in [-0.3, -0.25) is 0 Å². The molecule has 0 saturated heterocycles. The van der Waals surface area contributed by atoms with Crippen molar-refractivity contribution in [3.63, 3.8) is 0 Å². The molecule has 0 amide bonds. The summed E-state index contributed by atoms with van der Waals surface area (Å²) >= 11 is 3.54. The van der Waals surface area contributed by atoms with Gasteiger partial charge < -0.3 is 34.2 Å². The van der Waals surface area contributed by atoms with Crippen molar-refractivity contribution in [2.24, 2.45) is 0 Å². The van der Waals surface area contributed by atoms with Crippen LogP contribution < -0.4 is 14.2 Å². The molecule has 1 heterocycles. The maximum atomic E-state index is 12.8. The monoisotopic (exact) mass is 596 g/mol. The van der Waals surface area contributed by atoms with E-state index in [-0.39, 0.29) is 5.92 Å². The van der Waals surface area contributed by atoms with Gasteiger partial charge in [0.15, 0.2) is 11.2 Å². The fourth-order valence-electron chi connectivity index (χ4n) is 5.88. The Kier molecular flexibility index (Phi) is 7.95. The quantitative estimate of drug-likeness (QED) is 0.360. The average molecular weight is 598 g/mol. The van der Waals surface area contributed by atoms with Gasteiger partial charge in [0.1, 0.15) is 30.5 Å². The number of likely N-dealkylation sites (N-methyl/N-ethyl adjacent to an activating group) is 2. The molecular formula is C31H37BrN2O5.